The summed E-state index contributed by atoms with van der Waals surface area (Å²) in [5.74, 6) is -6.86. The van der Waals surface area contributed by atoms with Crippen molar-refractivity contribution in [3.63, 3.8) is 0 Å². The van der Waals surface area contributed by atoms with Gasteiger partial charge in [0.1, 0.15) is 17.7 Å². The summed E-state index contributed by atoms with van der Waals surface area (Å²) in [6, 6.07) is 9.74. The maximum atomic E-state index is 14.3. The van der Waals surface area contributed by atoms with E-state index in [2.05, 4.69) is 26.6 Å². The van der Waals surface area contributed by atoms with Crippen molar-refractivity contribution in [2.45, 2.75) is 63.2 Å². The summed E-state index contributed by atoms with van der Waals surface area (Å²) < 4.78 is 68.9. The Bertz CT molecular complexity index is 2550. The summed E-state index contributed by atoms with van der Waals surface area (Å²) in [7, 11) is 0. The lowest BCUT2D eigenvalue weighted by Crippen LogP contribution is -2.54. The zero-order chi connectivity index (χ0) is 44.5. The van der Waals surface area contributed by atoms with Crippen LogP contribution in [0.1, 0.15) is 119 Å². The minimum atomic E-state index is -4.96. The van der Waals surface area contributed by atoms with Gasteiger partial charge in [0, 0.05) is 63.7 Å². The lowest BCUT2D eigenvalue weighted by Gasteiger charge is -2.27. The number of benzene rings is 4. The van der Waals surface area contributed by atoms with Gasteiger partial charge in [-0.3, -0.25) is 43.8 Å². The number of piperidine rings is 1. The Labute approximate surface area is 354 Å². The number of unbranched alkanes of at least 4 members (excludes halogenated alkanes) is 4. The second kappa shape index (κ2) is 17.7. The summed E-state index contributed by atoms with van der Waals surface area (Å²) >= 11 is 6.35. The smallest absolute Gasteiger partial charge is 0.385 e. The van der Waals surface area contributed by atoms with Gasteiger partial charge in [-0.2, -0.15) is 13.2 Å². The number of anilines is 2. The Morgan fingerprint density at radius 3 is 2.21 bits per heavy atom. The molecule has 3 aliphatic heterocycles. The number of nitrogens with zero attached hydrogens (tertiary/aromatic N) is 1. The third-order valence-corrected chi connectivity index (χ3v) is 11.0. The number of rotatable bonds is 14. The van der Waals surface area contributed by atoms with Crippen molar-refractivity contribution in [2.75, 3.05) is 23.7 Å². The van der Waals surface area contributed by atoms with E-state index in [-0.39, 0.29) is 69.5 Å². The van der Waals surface area contributed by atoms with E-state index in [1.165, 1.54) is 24.3 Å². The summed E-state index contributed by atoms with van der Waals surface area (Å²) in [5, 5.41) is 13.3. The fourth-order valence-electron chi connectivity index (χ4n) is 7.61. The molecule has 13 nitrogen and oxygen atoms in total. The number of alkyl halides is 3. The Morgan fingerprint density at radius 1 is 0.758 bits per heavy atom. The molecule has 1 saturated heterocycles. The average molecular weight is 879 g/mol. The number of hydrogen-bond acceptors (Lipinski definition) is 8. The predicted molar refractivity (Wildman–Crippen MR) is 214 cm³/mol. The van der Waals surface area contributed by atoms with Gasteiger partial charge in [-0.15, -0.1) is 0 Å². The maximum Gasteiger partial charge on any atom is 0.416 e. The van der Waals surface area contributed by atoms with Crippen LogP contribution < -0.4 is 26.6 Å². The van der Waals surface area contributed by atoms with E-state index in [1.54, 1.807) is 12.1 Å². The fourth-order valence-corrected chi connectivity index (χ4v) is 7.84. The predicted octanol–water partition coefficient (Wildman–Crippen LogP) is 6.92. The van der Waals surface area contributed by atoms with Crippen LogP contribution in [0.15, 0.2) is 66.7 Å². The largest absolute Gasteiger partial charge is 0.416 e. The average Bonchev–Trinajstić information content (AvgIpc) is 3.68. The van der Waals surface area contributed by atoms with Gasteiger partial charge in [-0.1, -0.05) is 30.9 Å². The van der Waals surface area contributed by atoms with Crippen LogP contribution in [0.3, 0.4) is 0 Å². The zero-order valence-electron chi connectivity index (χ0n) is 32.4. The van der Waals surface area contributed by atoms with Gasteiger partial charge in [-0.05, 0) is 86.0 Å². The number of hydrogen-bond donors (Lipinski definition) is 5. The molecule has 0 bridgehead atoms. The Hall–Kier alpha value is -6.69. The van der Waals surface area contributed by atoms with Crippen LogP contribution in [0.5, 0.6) is 0 Å². The third-order valence-electron chi connectivity index (χ3n) is 10.7. The quantitative estimate of drug-likeness (QED) is 0.0514. The van der Waals surface area contributed by atoms with Crippen molar-refractivity contribution in [1.82, 2.24) is 20.9 Å². The molecule has 2 atom stereocenters. The SMILES string of the molecule is O=C1CCC(N2C(=O)c3ccc(NCCCCCCCNC(=O)c4cc(NC(=O)c5cc(F)cc(C(F)(F)F)c5)c5c(c4)C(=O)N[C@@H]5c4cc(F)ccc4Cl)cc3C2=O)C(=O)N1. The summed E-state index contributed by atoms with van der Waals surface area (Å²) in [5.41, 5.74) is -1.32. The molecule has 0 spiro atoms. The van der Waals surface area contributed by atoms with Crippen LogP contribution in [-0.2, 0) is 15.8 Å². The molecule has 3 heterocycles. The first kappa shape index (κ1) is 43.4. The molecular weight excluding hydrogens is 843 g/mol. The van der Waals surface area contributed by atoms with Crippen molar-refractivity contribution in [2.24, 2.45) is 0 Å². The van der Waals surface area contributed by atoms with Crippen LogP contribution in [0.2, 0.25) is 5.02 Å². The maximum absolute atomic E-state index is 14.3. The molecule has 0 saturated carbocycles. The van der Waals surface area contributed by atoms with Crippen molar-refractivity contribution in [3.8, 4) is 0 Å². The molecule has 7 amide bonds. The van der Waals surface area contributed by atoms with Gasteiger partial charge in [-0.25, -0.2) is 8.78 Å². The van der Waals surface area contributed by atoms with Gasteiger partial charge >= 0.3 is 6.18 Å². The standard InChI is InChI=1S/C43H36ClF5N6O7/c44-31-9-6-24(45)19-29(31)36-35-30(39(59)54-36)16-22(17-32(35)52-38(58)21-14-23(43(47,48)49)18-25(46)15-21)37(57)51-13-5-3-1-2-4-12-50-26-7-8-27-28(20-26)42(62)55(41(27)61)33-10-11-34(56)53-40(33)60/h6-9,14-20,33,36,50H,1-5,10-13H2,(H,51,57)(H,52,58)(H,54,59)(H,53,56,60)/t33?,36-/m1/s1. The second-order valence-corrected chi connectivity index (χ2v) is 15.3. The molecule has 62 heavy (non-hydrogen) atoms. The zero-order valence-corrected chi connectivity index (χ0v) is 33.2. The summed E-state index contributed by atoms with van der Waals surface area (Å²) in [6.07, 6.45) is -1.23. The molecule has 5 N–H and O–H groups in total. The number of halogens is 6. The topological polar surface area (TPSA) is 183 Å². The van der Waals surface area contributed by atoms with E-state index >= 15 is 0 Å². The highest BCUT2D eigenvalue weighted by Crippen LogP contribution is 2.41. The first-order valence-electron chi connectivity index (χ1n) is 19.5. The molecule has 0 aliphatic carbocycles. The molecule has 3 aliphatic rings. The lowest BCUT2D eigenvalue weighted by molar-refractivity contribution is -0.138. The summed E-state index contributed by atoms with van der Waals surface area (Å²) in [6.45, 7) is 0.777. The number of amides is 7. The molecule has 4 aromatic rings. The molecule has 4 aromatic carbocycles. The van der Waals surface area contributed by atoms with Crippen LogP contribution in [0.4, 0.5) is 33.3 Å². The van der Waals surface area contributed by atoms with E-state index in [9.17, 15) is 55.5 Å². The number of carbonyl (C=O) groups excluding carboxylic acids is 7. The molecule has 19 heteroatoms. The number of fused-ring (bicyclic) bond motifs is 2. The van der Waals surface area contributed by atoms with Gasteiger partial charge < -0.3 is 21.3 Å². The van der Waals surface area contributed by atoms with Gasteiger partial charge in [0.05, 0.1) is 22.7 Å². The number of imide groups is 2. The van der Waals surface area contributed by atoms with E-state index < -0.39 is 82.4 Å². The molecule has 7 rings (SSSR count). The van der Waals surface area contributed by atoms with Crippen molar-refractivity contribution in [3.05, 3.63) is 128 Å². The fraction of sp³-hybridized carbons (Fsp3) is 0.279. The van der Waals surface area contributed by atoms with E-state index in [0.29, 0.717) is 30.8 Å². The van der Waals surface area contributed by atoms with Crippen LogP contribution in [0, 0.1) is 11.6 Å². The van der Waals surface area contributed by atoms with Gasteiger partial charge in [0.2, 0.25) is 11.8 Å². The Balaban J connectivity index is 0.938. The molecule has 1 unspecified atom stereocenters. The van der Waals surface area contributed by atoms with Crippen molar-refractivity contribution >= 4 is 64.3 Å². The number of nitrogens with one attached hydrogen (secondary N) is 5. The molecule has 0 aromatic heterocycles. The third kappa shape index (κ3) is 9.14. The van der Waals surface area contributed by atoms with Gasteiger partial charge in [0.25, 0.3) is 29.5 Å². The highest BCUT2D eigenvalue weighted by Gasteiger charge is 2.45. The highest BCUT2D eigenvalue weighted by molar-refractivity contribution is 6.31. The van der Waals surface area contributed by atoms with Gasteiger partial charge in [0.15, 0.2) is 0 Å². The van der Waals surface area contributed by atoms with Crippen LogP contribution >= 0.6 is 11.6 Å². The van der Waals surface area contributed by atoms with Crippen molar-refractivity contribution < 1.29 is 55.5 Å². The van der Waals surface area contributed by atoms with Crippen LogP contribution in [0.25, 0.3) is 0 Å². The van der Waals surface area contributed by atoms with Crippen molar-refractivity contribution in [1.29, 1.82) is 0 Å². The highest BCUT2D eigenvalue weighted by atomic mass is 35.5. The van der Waals surface area contributed by atoms with E-state index in [4.69, 9.17) is 11.6 Å². The molecule has 1 fully saturated rings. The summed E-state index contributed by atoms with van der Waals surface area (Å²) in [4.78, 5) is 90.7. The lowest BCUT2D eigenvalue weighted by atomic mass is 9.94. The Kier molecular flexibility index (Phi) is 12.4. The minimum Gasteiger partial charge on any atom is -0.385 e. The van der Waals surface area contributed by atoms with E-state index in [1.807, 2.05) is 0 Å². The first-order chi connectivity index (χ1) is 29.5. The monoisotopic (exact) mass is 878 g/mol. The first-order valence-corrected chi connectivity index (χ1v) is 19.9. The normalized spacial score (nSPS) is 17.1. The molecular formula is C43H36ClF5N6O7. The second-order valence-electron chi connectivity index (χ2n) is 14.9. The molecule has 0 radical (unpaired) electrons. The van der Waals surface area contributed by atoms with Crippen LogP contribution in [-0.4, -0.2) is 65.4 Å². The van der Waals surface area contributed by atoms with E-state index in [0.717, 1.165) is 42.7 Å². The number of carbonyl (C=O) groups is 7. The Morgan fingerprint density at radius 2 is 1.47 bits per heavy atom. The minimum absolute atomic E-state index is 0.0218. The molecule has 322 valence electrons.